The molecule has 17 heavy (non-hydrogen) atoms. The van der Waals surface area contributed by atoms with Crippen molar-refractivity contribution < 1.29 is 4.92 Å². The van der Waals surface area contributed by atoms with Gasteiger partial charge in [0.05, 0.1) is 4.92 Å². The molecule has 2 rings (SSSR count). The molecule has 0 unspecified atom stereocenters. The Morgan fingerprint density at radius 2 is 2.06 bits per heavy atom. The standard InChI is InChI=1S/C11H10N4O2/c12-14-11-5-4-9(7-13-11)8-2-1-3-10(6-8)15(16)17/h1-7H,12H2,(H,13,14). The van der Waals surface area contributed by atoms with Crippen molar-refractivity contribution in [2.24, 2.45) is 5.84 Å². The molecule has 0 amide bonds. The molecule has 0 bridgehead atoms. The number of hydrogen-bond donors (Lipinski definition) is 2. The first-order chi connectivity index (χ1) is 8.20. The summed E-state index contributed by atoms with van der Waals surface area (Å²) in [4.78, 5) is 14.3. The minimum Gasteiger partial charge on any atom is -0.308 e. The molecule has 0 aliphatic rings. The highest BCUT2D eigenvalue weighted by Gasteiger charge is 2.07. The molecule has 0 radical (unpaired) electrons. The smallest absolute Gasteiger partial charge is 0.270 e. The molecule has 0 fully saturated rings. The van der Waals surface area contributed by atoms with E-state index in [2.05, 4.69) is 10.4 Å². The lowest BCUT2D eigenvalue weighted by Crippen LogP contribution is -2.07. The van der Waals surface area contributed by atoms with Gasteiger partial charge in [0.2, 0.25) is 0 Å². The number of hydrazine groups is 1. The topological polar surface area (TPSA) is 94.1 Å². The van der Waals surface area contributed by atoms with E-state index in [-0.39, 0.29) is 5.69 Å². The monoisotopic (exact) mass is 230 g/mol. The third kappa shape index (κ3) is 2.37. The fourth-order valence-corrected chi connectivity index (χ4v) is 1.45. The number of nitrogens with two attached hydrogens (primary N) is 1. The van der Waals surface area contributed by atoms with Crippen LogP contribution in [0, 0.1) is 10.1 Å². The van der Waals surface area contributed by atoms with Gasteiger partial charge in [0.15, 0.2) is 0 Å². The number of benzene rings is 1. The summed E-state index contributed by atoms with van der Waals surface area (Å²) in [5, 5.41) is 10.6. The van der Waals surface area contributed by atoms with E-state index in [9.17, 15) is 10.1 Å². The van der Waals surface area contributed by atoms with Crippen LogP contribution in [0.1, 0.15) is 0 Å². The van der Waals surface area contributed by atoms with E-state index < -0.39 is 4.92 Å². The summed E-state index contributed by atoms with van der Waals surface area (Å²) in [7, 11) is 0. The fourth-order valence-electron chi connectivity index (χ4n) is 1.45. The SMILES string of the molecule is NNc1ccc(-c2cccc([N+](=O)[O-])c2)cn1. The van der Waals surface area contributed by atoms with Crippen molar-refractivity contribution in [3.8, 4) is 11.1 Å². The summed E-state index contributed by atoms with van der Waals surface area (Å²) in [6.45, 7) is 0. The minimum atomic E-state index is -0.424. The van der Waals surface area contributed by atoms with Crippen LogP contribution in [0.2, 0.25) is 0 Å². The number of nitrogens with zero attached hydrogens (tertiary/aromatic N) is 2. The molecule has 0 aliphatic heterocycles. The van der Waals surface area contributed by atoms with Crippen LogP contribution in [-0.4, -0.2) is 9.91 Å². The first kappa shape index (κ1) is 11.0. The highest BCUT2D eigenvalue weighted by molar-refractivity contribution is 5.66. The zero-order valence-electron chi connectivity index (χ0n) is 8.83. The van der Waals surface area contributed by atoms with Gasteiger partial charge < -0.3 is 5.43 Å². The highest BCUT2D eigenvalue weighted by Crippen LogP contribution is 2.23. The second-order valence-electron chi connectivity index (χ2n) is 3.38. The molecule has 6 heteroatoms. The van der Waals surface area contributed by atoms with E-state index in [1.807, 2.05) is 0 Å². The average Bonchev–Trinajstić information content (AvgIpc) is 2.39. The number of anilines is 1. The fraction of sp³-hybridized carbons (Fsp3) is 0. The summed E-state index contributed by atoms with van der Waals surface area (Å²) in [6, 6.07) is 9.89. The van der Waals surface area contributed by atoms with Crippen molar-refractivity contribution in [3.63, 3.8) is 0 Å². The quantitative estimate of drug-likeness (QED) is 0.477. The van der Waals surface area contributed by atoms with E-state index >= 15 is 0 Å². The number of aromatic nitrogens is 1. The Hall–Kier alpha value is -2.47. The number of pyridine rings is 1. The summed E-state index contributed by atoms with van der Waals surface area (Å²) in [6.07, 6.45) is 1.61. The first-order valence-electron chi connectivity index (χ1n) is 4.88. The zero-order valence-corrected chi connectivity index (χ0v) is 8.83. The van der Waals surface area contributed by atoms with Gasteiger partial charge in [0, 0.05) is 23.9 Å². The van der Waals surface area contributed by atoms with Gasteiger partial charge in [-0.1, -0.05) is 12.1 Å². The number of non-ortho nitro benzene ring substituents is 1. The van der Waals surface area contributed by atoms with E-state index in [4.69, 9.17) is 5.84 Å². The predicted octanol–water partition coefficient (Wildman–Crippen LogP) is 1.94. The Labute approximate surface area is 97.2 Å². The largest absolute Gasteiger partial charge is 0.308 e. The molecule has 3 N–H and O–H groups in total. The van der Waals surface area contributed by atoms with Crippen LogP contribution < -0.4 is 11.3 Å². The zero-order chi connectivity index (χ0) is 12.3. The maximum Gasteiger partial charge on any atom is 0.270 e. The number of nitro benzene ring substituents is 1. The number of nitrogen functional groups attached to an aromatic ring is 1. The van der Waals surface area contributed by atoms with Crippen LogP contribution in [0.3, 0.4) is 0 Å². The second kappa shape index (κ2) is 4.58. The second-order valence-corrected chi connectivity index (χ2v) is 3.38. The summed E-state index contributed by atoms with van der Waals surface area (Å²) in [5.74, 6) is 5.74. The molecule has 86 valence electrons. The lowest BCUT2D eigenvalue weighted by atomic mass is 10.1. The Balaban J connectivity index is 2.38. The average molecular weight is 230 g/mol. The summed E-state index contributed by atoms with van der Waals surface area (Å²) >= 11 is 0. The molecular weight excluding hydrogens is 220 g/mol. The molecule has 0 spiro atoms. The molecule has 0 aliphatic carbocycles. The van der Waals surface area contributed by atoms with Gasteiger partial charge in [-0.05, 0) is 17.7 Å². The lowest BCUT2D eigenvalue weighted by Gasteiger charge is -2.02. The molecular formula is C11H10N4O2. The van der Waals surface area contributed by atoms with Gasteiger partial charge >= 0.3 is 0 Å². The minimum absolute atomic E-state index is 0.0588. The van der Waals surface area contributed by atoms with Crippen molar-refractivity contribution in [3.05, 3.63) is 52.7 Å². The first-order valence-corrected chi connectivity index (χ1v) is 4.88. The van der Waals surface area contributed by atoms with Crippen LogP contribution in [0.25, 0.3) is 11.1 Å². The third-order valence-electron chi connectivity index (χ3n) is 2.30. The Kier molecular flexibility index (Phi) is 2.97. The van der Waals surface area contributed by atoms with Gasteiger partial charge in [-0.2, -0.15) is 0 Å². The molecule has 0 atom stereocenters. The highest BCUT2D eigenvalue weighted by atomic mass is 16.6. The molecule has 1 aromatic heterocycles. The summed E-state index contributed by atoms with van der Waals surface area (Å²) in [5.41, 5.74) is 4.02. The van der Waals surface area contributed by atoms with Crippen LogP contribution in [0.4, 0.5) is 11.5 Å². The van der Waals surface area contributed by atoms with E-state index in [1.54, 1.807) is 30.5 Å². The van der Waals surface area contributed by atoms with Crippen LogP contribution in [0.5, 0.6) is 0 Å². The van der Waals surface area contributed by atoms with Gasteiger partial charge in [0.25, 0.3) is 5.69 Å². The molecule has 0 saturated heterocycles. The molecule has 1 aromatic carbocycles. The van der Waals surface area contributed by atoms with Gasteiger partial charge in [-0.3, -0.25) is 10.1 Å². The van der Waals surface area contributed by atoms with Crippen LogP contribution in [-0.2, 0) is 0 Å². The predicted molar refractivity (Wildman–Crippen MR) is 64.1 cm³/mol. The van der Waals surface area contributed by atoms with E-state index in [1.165, 1.54) is 12.1 Å². The van der Waals surface area contributed by atoms with Gasteiger partial charge in [0.1, 0.15) is 5.82 Å². The van der Waals surface area contributed by atoms with Crippen molar-refractivity contribution >= 4 is 11.5 Å². The van der Waals surface area contributed by atoms with Crippen LogP contribution >= 0.6 is 0 Å². The van der Waals surface area contributed by atoms with E-state index in [0.29, 0.717) is 5.82 Å². The van der Waals surface area contributed by atoms with Crippen molar-refractivity contribution in [1.29, 1.82) is 0 Å². The number of hydrogen-bond acceptors (Lipinski definition) is 5. The normalized spacial score (nSPS) is 9.94. The molecule has 2 aromatic rings. The Morgan fingerprint density at radius 3 is 2.65 bits per heavy atom. The van der Waals surface area contributed by atoms with E-state index in [0.717, 1.165) is 11.1 Å². The third-order valence-corrected chi connectivity index (χ3v) is 2.30. The van der Waals surface area contributed by atoms with Gasteiger partial charge in [-0.15, -0.1) is 0 Å². The maximum absolute atomic E-state index is 10.6. The summed E-state index contributed by atoms with van der Waals surface area (Å²) < 4.78 is 0. The molecule has 0 saturated carbocycles. The molecule has 1 heterocycles. The van der Waals surface area contributed by atoms with Crippen molar-refractivity contribution in [2.75, 3.05) is 5.43 Å². The lowest BCUT2D eigenvalue weighted by molar-refractivity contribution is -0.384. The maximum atomic E-state index is 10.6. The number of rotatable bonds is 3. The Bertz CT molecular complexity index is 539. The number of nitro groups is 1. The van der Waals surface area contributed by atoms with Crippen LogP contribution in [0.15, 0.2) is 42.6 Å². The Morgan fingerprint density at radius 1 is 1.24 bits per heavy atom. The molecule has 6 nitrogen and oxygen atoms in total. The van der Waals surface area contributed by atoms with Crippen molar-refractivity contribution in [2.45, 2.75) is 0 Å². The van der Waals surface area contributed by atoms with Crippen molar-refractivity contribution in [1.82, 2.24) is 4.98 Å². The van der Waals surface area contributed by atoms with Gasteiger partial charge in [-0.25, -0.2) is 10.8 Å². The number of nitrogens with one attached hydrogen (secondary N) is 1.